The lowest BCUT2D eigenvalue weighted by molar-refractivity contribution is 0.152. The van der Waals surface area contributed by atoms with Crippen molar-refractivity contribution in [3.63, 3.8) is 0 Å². The maximum atomic E-state index is 11.3. The van der Waals surface area contributed by atoms with Gasteiger partial charge >= 0.3 is 6.09 Å². The van der Waals surface area contributed by atoms with Gasteiger partial charge in [0.2, 0.25) is 0 Å². The van der Waals surface area contributed by atoms with E-state index in [9.17, 15) is 4.79 Å². The molecule has 0 aliphatic carbocycles. The summed E-state index contributed by atoms with van der Waals surface area (Å²) in [5, 5.41) is 3.13. The Morgan fingerprint density at radius 3 is 2.68 bits per heavy atom. The highest BCUT2D eigenvalue weighted by atomic mass is 32.1. The van der Waals surface area contributed by atoms with E-state index in [-0.39, 0.29) is 6.09 Å². The number of piperazine rings is 1. The van der Waals surface area contributed by atoms with Crippen molar-refractivity contribution in [2.75, 3.05) is 57.3 Å². The monoisotopic (exact) mass is 282 g/mol. The van der Waals surface area contributed by atoms with E-state index in [4.69, 9.17) is 4.74 Å². The second kappa shape index (κ2) is 5.75. The smallest absolute Gasteiger partial charge is 0.409 e. The van der Waals surface area contributed by atoms with Gasteiger partial charge in [-0.2, -0.15) is 0 Å². The van der Waals surface area contributed by atoms with Crippen molar-refractivity contribution in [2.24, 2.45) is 0 Å². The molecule has 7 heteroatoms. The first-order valence-corrected chi connectivity index (χ1v) is 7.49. The van der Waals surface area contributed by atoms with Crippen molar-refractivity contribution in [1.82, 2.24) is 14.8 Å². The van der Waals surface area contributed by atoms with E-state index < -0.39 is 0 Å². The number of rotatable bonds is 4. The summed E-state index contributed by atoms with van der Waals surface area (Å²) in [4.78, 5) is 22.2. The van der Waals surface area contributed by atoms with Crippen LogP contribution >= 0.6 is 11.3 Å². The highest BCUT2D eigenvalue weighted by Gasteiger charge is 2.23. The molecule has 0 atom stereocenters. The fraction of sp³-hybridized carbons (Fsp3) is 0.667. The number of hydrogen-bond donors (Lipinski definition) is 0. The zero-order chi connectivity index (χ0) is 13.1. The van der Waals surface area contributed by atoms with Crippen molar-refractivity contribution in [2.45, 2.75) is 0 Å². The third-order valence-electron chi connectivity index (χ3n) is 3.59. The average Bonchev–Trinajstić information content (AvgIpc) is 3.09. The van der Waals surface area contributed by atoms with Gasteiger partial charge in [0.05, 0.1) is 6.54 Å². The Balaban J connectivity index is 1.42. The maximum Gasteiger partial charge on any atom is 0.409 e. The molecule has 2 aliphatic heterocycles. The van der Waals surface area contributed by atoms with Crippen LogP contribution in [0, 0.1) is 0 Å². The molecule has 2 aliphatic rings. The summed E-state index contributed by atoms with van der Waals surface area (Å²) in [6.07, 6.45) is 1.69. The molecule has 0 spiro atoms. The highest BCUT2D eigenvalue weighted by molar-refractivity contribution is 7.13. The predicted octanol–water partition coefficient (Wildman–Crippen LogP) is 0.717. The Hall–Kier alpha value is -1.34. The lowest BCUT2D eigenvalue weighted by Gasteiger charge is -2.35. The van der Waals surface area contributed by atoms with E-state index >= 15 is 0 Å². The van der Waals surface area contributed by atoms with Gasteiger partial charge in [0.15, 0.2) is 5.13 Å². The van der Waals surface area contributed by atoms with E-state index in [1.54, 1.807) is 16.2 Å². The first-order valence-electron chi connectivity index (χ1n) is 6.61. The van der Waals surface area contributed by atoms with Gasteiger partial charge in [-0.3, -0.25) is 4.90 Å². The van der Waals surface area contributed by atoms with Gasteiger partial charge in [0.1, 0.15) is 6.61 Å². The number of carbonyl (C=O) groups excluding carboxylic acids is 1. The lowest BCUT2D eigenvalue weighted by atomic mass is 10.3. The van der Waals surface area contributed by atoms with Gasteiger partial charge in [0, 0.05) is 50.8 Å². The van der Waals surface area contributed by atoms with E-state index in [0.717, 1.165) is 50.9 Å². The van der Waals surface area contributed by atoms with E-state index in [2.05, 4.69) is 14.8 Å². The highest BCUT2D eigenvalue weighted by Crippen LogP contribution is 2.18. The van der Waals surface area contributed by atoms with Gasteiger partial charge in [-0.1, -0.05) is 0 Å². The standard InChI is InChI=1S/C12H18N4O2S/c17-12-16(8-9-18-12)7-4-14-2-5-15(6-3-14)11-13-1-10-19-11/h1,10H,2-9H2. The second-order valence-corrected chi connectivity index (χ2v) is 5.62. The molecule has 0 saturated carbocycles. The van der Waals surface area contributed by atoms with Crippen LogP contribution in [0.2, 0.25) is 0 Å². The summed E-state index contributed by atoms with van der Waals surface area (Å²) in [5.74, 6) is 0. The minimum atomic E-state index is -0.165. The summed E-state index contributed by atoms with van der Waals surface area (Å²) in [6, 6.07) is 0. The van der Waals surface area contributed by atoms with E-state index in [1.165, 1.54) is 0 Å². The second-order valence-electron chi connectivity index (χ2n) is 4.74. The van der Waals surface area contributed by atoms with Crippen LogP contribution < -0.4 is 4.90 Å². The Morgan fingerprint density at radius 1 is 1.21 bits per heavy atom. The van der Waals surface area contributed by atoms with Crippen molar-refractivity contribution in [3.05, 3.63) is 11.6 Å². The SMILES string of the molecule is O=C1OCCN1CCN1CCN(c2nccs2)CC1. The summed E-state index contributed by atoms with van der Waals surface area (Å²) < 4.78 is 4.92. The zero-order valence-electron chi connectivity index (χ0n) is 10.8. The fourth-order valence-corrected chi connectivity index (χ4v) is 3.12. The Kier molecular flexibility index (Phi) is 3.84. The van der Waals surface area contributed by atoms with E-state index in [0.29, 0.717) is 6.61 Å². The number of amides is 1. The molecule has 0 unspecified atom stereocenters. The van der Waals surface area contributed by atoms with Crippen LogP contribution in [0.4, 0.5) is 9.93 Å². The molecule has 0 aromatic carbocycles. The van der Waals surface area contributed by atoms with Crippen LogP contribution in [0.25, 0.3) is 0 Å². The van der Waals surface area contributed by atoms with E-state index in [1.807, 2.05) is 11.6 Å². The third kappa shape index (κ3) is 2.98. The normalized spacial score (nSPS) is 20.9. The molecule has 3 rings (SSSR count). The Morgan fingerprint density at radius 2 is 2.05 bits per heavy atom. The van der Waals surface area contributed by atoms with Crippen molar-refractivity contribution in [3.8, 4) is 0 Å². The van der Waals surface area contributed by atoms with Gasteiger partial charge in [-0.25, -0.2) is 9.78 Å². The number of ether oxygens (including phenoxy) is 1. The summed E-state index contributed by atoms with van der Waals surface area (Å²) in [5.41, 5.74) is 0. The first-order chi connectivity index (χ1) is 9.33. The van der Waals surface area contributed by atoms with Gasteiger partial charge in [-0.15, -0.1) is 11.3 Å². The molecule has 0 radical (unpaired) electrons. The molecule has 3 heterocycles. The average molecular weight is 282 g/mol. The fourth-order valence-electron chi connectivity index (χ4n) is 2.43. The largest absolute Gasteiger partial charge is 0.448 e. The third-order valence-corrected chi connectivity index (χ3v) is 4.43. The first kappa shape index (κ1) is 12.7. The number of carbonyl (C=O) groups is 1. The van der Waals surface area contributed by atoms with Crippen molar-refractivity contribution >= 4 is 22.6 Å². The zero-order valence-corrected chi connectivity index (χ0v) is 11.6. The molecule has 0 bridgehead atoms. The molecule has 1 aromatic rings. The number of cyclic esters (lactones) is 1. The molecule has 0 N–H and O–H groups in total. The van der Waals surface area contributed by atoms with Crippen LogP contribution in [-0.4, -0.2) is 73.3 Å². The van der Waals surface area contributed by atoms with Crippen molar-refractivity contribution in [1.29, 1.82) is 0 Å². The Bertz CT molecular complexity index is 417. The predicted molar refractivity (Wildman–Crippen MR) is 73.7 cm³/mol. The summed E-state index contributed by atoms with van der Waals surface area (Å²) in [6.45, 7) is 7.06. The number of nitrogens with zero attached hydrogens (tertiary/aromatic N) is 4. The Labute approximate surface area is 116 Å². The van der Waals surface area contributed by atoms with Gasteiger partial charge in [-0.05, 0) is 0 Å². The topological polar surface area (TPSA) is 48.9 Å². The molecular weight excluding hydrogens is 264 g/mol. The molecule has 104 valence electrons. The minimum Gasteiger partial charge on any atom is -0.448 e. The maximum absolute atomic E-state index is 11.3. The van der Waals surface area contributed by atoms with Crippen LogP contribution in [0.3, 0.4) is 0 Å². The van der Waals surface area contributed by atoms with Gasteiger partial charge in [0.25, 0.3) is 0 Å². The summed E-state index contributed by atoms with van der Waals surface area (Å²) in [7, 11) is 0. The van der Waals surface area contributed by atoms with Crippen LogP contribution in [0.5, 0.6) is 0 Å². The number of aromatic nitrogens is 1. The minimum absolute atomic E-state index is 0.165. The van der Waals surface area contributed by atoms with Crippen molar-refractivity contribution < 1.29 is 9.53 Å². The number of hydrogen-bond acceptors (Lipinski definition) is 6. The van der Waals surface area contributed by atoms with Crippen LogP contribution in [-0.2, 0) is 4.74 Å². The van der Waals surface area contributed by atoms with Crippen LogP contribution in [0.15, 0.2) is 11.6 Å². The summed E-state index contributed by atoms with van der Waals surface area (Å²) >= 11 is 1.69. The molecule has 1 amide bonds. The van der Waals surface area contributed by atoms with Gasteiger partial charge < -0.3 is 14.5 Å². The number of anilines is 1. The molecule has 2 fully saturated rings. The molecule has 2 saturated heterocycles. The lowest BCUT2D eigenvalue weighted by Crippen LogP contribution is -2.48. The molecule has 6 nitrogen and oxygen atoms in total. The molecular formula is C12H18N4O2S. The molecule has 1 aromatic heterocycles. The number of thiazole rings is 1. The van der Waals surface area contributed by atoms with Crippen LogP contribution in [0.1, 0.15) is 0 Å². The molecule has 19 heavy (non-hydrogen) atoms. The quantitative estimate of drug-likeness (QED) is 0.814.